The molecule has 6 nitrogen and oxygen atoms in total. The van der Waals surface area contributed by atoms with Gasteiger partial charge in [0.05, 0.1) is 6.42 Å². The topological polar surface area (TPSA) is 81.7 Å². The van der Waals surface area contributed by atoms with Gasteiger partial charge in [0.1, 0.15) is 6.04 Å². The summed E-state index contributed by atoms with van der Waals surface area (Å²) >= 11 is 11.7. The molecule has 0 aliphatic rings. The molecular weight excluding hydrogens is 329 g/mol. The summed E-state index contributed by atoms with van der Waals surface area (Å²) in [6, 6.07) is 3.68. The fraction of sp³-hybridized carbons (Fsp3) is 0.429. The summed E-state index contributed by atoms with van der Waals surface area (Å²) in [6.07, 6.45) is -0.188. The molecule has 0 radical (unpaired) electrons. The van der Waals surface area contributed by atoms with Crippen LogP contribution < -0.4 is 10.6 Å². The van der Waals surface area contributed by atoms with Crippen molar-refractivity contribution >= 4 is 40.8 Å². The molecule has 3 N–H and O–H groups in total. The van der Waals surface area contributed by atoms with E-state index in [9.17, 15) is 9.59 Å². The maximum atomic E-state index is 11.9. The van der Waals surface area contributed by atoms with Crippen LogP contribution in [0.1, 0.15) is 6.42 Å². The lowest BCUT2D eigenvalue weighted by Crippen LogP contribution is -2.42. The lowest BCUT2D eigenvalue weighted by molar-refractivity contribution is -0.141. The zero-order valence-electron chi connectivity index (χ0n) is 12.4. The fourth-order valence-electron chi connectivity index (χ4n) is 1.73. The summed E-state index contributed by atoms with van der Waals surface area (Å²) in [7, 11) is 3.76. The maximum Gasteiger partial charge on any atom is 0.321 e. The number of nitrogens with one attached hydrogen (secondary N) is 2. The number of anilines is 1. The second-order valence-electron chi connectivity index (χ2n) is 5.06. The average molecular weight is 348 g/mol. The first-order valence-electron chi connectivity index (χ1n) is 6.65. The number of halogens is 2. The number of nitrogens with zero attached hydrogens (tertiary/aromatic N) is 1. The molecule has 0 saturated heterocycles. The molecule has 0 spiro atoms. The van der Waals surface area contributed by atoms with Crippen molar-refractivity contribution in [3.05, 3.63) is 28.2 Å². The number of amides is 1. The Balaban J connectivity index is 2.57. The van der Waals surface area contributed by atoms with E-state index in [-0.39, 0.29) is 6.42 Å². The van der Waals surface area contributed by atoms with E-state index < -0.39 is 17.9 Å². The van der Waals surface area contributed by atoms with Crippen molar-refractivity contribution in [2.75, 3.05) is 32.5 Å². The standard InChI is InChI=1S/C14H19Cl2N3O3/c1-19(2)4-3-17-12(14(21)22)8-13(20)18-11-6-9(15)5-10(16)7-11/h5-7,12,17H,3-4,8H2,1-2H3,(H,18,20)(H,21,22). The second kappa shape index (κ2) is 8.95. The van der Waals surface area contributed by atoms with Crippen LogP contribution in [0.3, 0.4) is 0 Å². The summed E-state index contributed by atoms with van der Waals surface area (Å²) in [5, 5.41) is 15.3. The number of carboxylic acids is 1. The number of carboxylic acid groups (broad SMARTS) is 1. The molecule has 0 aliphatic heterocycles. The summed E-state index contributed by atoms with van der Waals surface area (Å²) in [5.74, 6) is -1.50. The van der Waals surface area contributed by atoms with E-state index in [2.05, 4.69) is 10.6 Å². The van der Waals surface area contributed by atoms with E-state index in [1.165, 1.54) is 0 Å². The SMILES string of the molecule is CN(C)CCNC(CC(=O)Nc1cc(Cl)cc(Cl)c1)C(=O)O. The highest BCUT2D eigenvalue weighted by atomic mass is 35.5. The van der Waals surface area contributed by atoms with Gasteiger partial charge in [0, 0.05) is 28.8 Å². The van der Waals surface area contributed by atoms with Gasteiger partial charge in [0.25, 0.3) is 0 Å². The van der Waals surface area contributed by atoms with Gasteiger partial charge in [-0.25, -0.2) is 0 Å². The van der Waals surface area contributed by atoms with Crippen molar-refractivity contribution in [2.45, 2.75) is 12.5 Å². The summed E-state index contributed by atoms with van der Waals surface area (Å²) in [5.41, 5.74) is 0.430. The number of benzene rings is 1. The molecule has 0 fully saturated rings. The highest BCUT2D eigenvalue weighted by Gasteiger charge is 2.20. The number of rotatable bonds is 8. The molecular formula is C14H19Cl2N3O3. The van der Waals surface area contributed by atoms with Crippen molar-refractivity contribution in [1.82, 2.24) is 10.2 Å². The number of carbonyl (C=O) groups excluding carboxylic acids is 1. The minimum absolute atomic E-state index is 0.188. The third-order valence-corrected chi connectivity index (χ3v) is 3.22. The van der Waals surface area contributed by atoms with Gasteiger partial charge in [-0.15, -0.1) is 0 Å². The molecule has 122 valence electrons. The normalized spacial score (nSPS) is 12.2. The van der Waals surface area contributed by atoms with Gasteiger partial charge >= 0.3 is 5.97 Å². The Labute approximate surface area is 139 Å². The van der Waals surface area contributed by atoms with Gasteiger partial charge in [0.15, 0.2) is 0 Å². The minimum Gasteiger partial charge on any atom is -0.480 e. The van der Waals surface area contributed by atoms with Crippen molar-refractivity contribution in [1.29, 1.82) is 0 Å². The monoisotopic (exact) mass is 347 g/mol. The first-order chi connectivity index (χ1) is 10.3. The molecule has 0 aliphatic carbocycles. The Hall–Kier alpha value is -1.34. The van der Waals surface area contributed by atoms with Crippen molar-refractivity contribution in [3.63, 3.8) is 0 Å². The molecule has 0 heterocycles. The molecule has 1 unspecified atom stereocenters. The zero-order valence-corrected chi connectivity index (χ0v) is 13.9. The van der Waals surface area contributed by atoms with E-state index in [1.54, 1.807) is 18.2 Å². The molecule has 8 heteroatoms. The van der Waals surface area contributed by atoms with Gasteiger partial charge in [-0.05, 0) is 32.3 Å². The lowest BCUT2D eigenvalue weighted by Gasteiger charge is -2.16. The highest BCUT2D eigenvalue weighted by Crippen LogP contribution is 2.22. The Morgan fingerprint density at radius 2 is 1.82 bits per heavy atom. The minimum atomic E-state index is -1.07. The van der Waals surface area contributed by atoms with E-state index in [0.29, 0.717) is 28.8 Å². The van der Waals surface area contributed by atoms with E-state index in [4.69, 9.17) is 28.3 Å². The Morgan fingerprint density at radius 1 is 1.23 bits per heavy atom. The third kappa shape index (κ3) is 7.09. The van der Waals surface area contributed by atoms with Crippen molar-refractivity contribution in [2.24, 2.45) is 0 Å². The van der Waals surface area contributed by atoms with Crippen LogP contribution in [0.15, 0.2) is 18.2 Å². The van der Waals surface area contributed by atoms with Crippen molar-refractivity contribution < 1.29 is 14.7 Å². The highest BCUT2D eigenvalue weighted by molar-refractivity contribution is 6.35. The van der Waals surface area contributed by atoms with Crippen LogP contribution in [0, 0.1) is 0 Å². The van der Waals surface area contributed by atoms with E-state index >= 15 is 0 Å². The quantitative estimate of drug-likeness (QED) is 0.669. The molecule has 22 heavy (non-hydrogen) atoms. The van der Waals surface area contributed by atoms with Crippen LogP contribution in [-0.4, -0.2) is 55.1 Å². The van der Waals surface area contributed by atoms with Crippen LogP contribution in [-0.2, 0) is 9.59 Å². The van der Waals surface area contributed by atoms with Crippen LogP contribution in [0.2, 0.25) is 10.0 Å². The number of hydrogen-bond acceptors (Lipinski definition) is 4. The van der Waals surface area contributed by atoms with Gasteiger partial charge < -0.3 is 20.6 Å². The van der Waals surface area contributed by atoms with Crippen LogP contribution in [0.4, 0.5) is 5.69 Å². The first kappa shape index (κ1) is 18.7. The maximum absolute atomic E-state index is 11.9. The van der Waals surface area contributed by atoms with Gasteiger partial charge in [0.2, 0.25) is 5.91 Å². The van der Waals surface area contributed by atoms with Crippen LogP contribution >= 0.6 is 23.2 Å². The Bertz CT molecular complexity index is 518. The largest absolute Gasteiger partial charge is 0.480 e. The zero-order chi connectivity index (χ0) is 16.7. The van der Waals surface area contributed by atoms with Gasteiger partial charge in [-0.3, -0.25) is 9.59 Å². The smallest absolute Gasteiger partial charge is 0.321 e. The molecule has 0 bridgehead atoms. The number of hydrogen-bond donors (Lipinski definition) is 3. The Kier molecular flexibility index (Phi) is 7.61. The lowest BCUT2D eigenvalue weighted by atomic mass is 10.2. The molecule has 1 rings (SSSR count). The molecule has 0 saturated carbocycles. The predicted molar refractivity (Wildman–Crippen MR) is 87.7 cm³/mol. The van der Waals surface area contributed by atoms with Crippen molar-refractivity contribution in [3.8, 4) is 0 Å². The van der Waals surface area contributed by atoms with Gasteiger partial charge in [-0.2, -0.15) is 0 Å². The van der Waals surface area contributed by atoms with Gasteiger partial charge in [-0.1, -0.05) is 23.2 Å². The number of aliphatic carboxylic acids is 1. The summed E-state index contributed by atoms with van der Waals surface area (Å²) in [4.78, 5) is 25.0. The summed E-state index contributed by atoms with van der Waals surface area (Å²) < 4.78 is 0. The molecule has 1 atom stereocenters. The van der Waals surface area contributed by atoms with Crippen LogP contribution in [0.25, 0.3) is 0 Å². The fourth-order valence-corrected chi connectivity index (χ4v) is 2.26. The molecule has 1 amide bonds. The summed E-state index contributed by atoms with van der Waals surface area (Å²) in [6.45, 7) is 1.15. The number of likely N-dealkylation sites (N-methyl/N-ethyl adjacent to an activating group) is 1. The van der Waals surface area contributed by atoms with Crippen LogP contribution in [0.5, 0.6) is 0 Å². The third-order valence-electron chi connectivity index (χ3n) is 2.78. The average Bonchev–Trinajstić information content (AvgIpc) is 2.35. The molecule has 1 aromatic carbocycles. The van der Waals surface area contributed by atoms with E-state index in [0.717, 1.165) is 0 Å². The second-order valence-corrected chi connectivity index (χ2v) is 5.93. The molecule has 1 aromatic rings. The number of carbonyl (C=O) groups is 2. The predicted octanol–water partition coefficient (Wildman–Crippen LogP) is 1.93. The molecule has 0 aromatic heterocycles. The first-order valence-corrected chi connectivity index (χ1v) is 7.40. The Morgan fingerprint density at radius 3 is 2.32 bits per heavy atom. The van der Waals surface area contributed by atoms with E-state index in [1.807, 2.05) is 19.0 Å².